The molecule has 1 nitrogen and oxygen atoms in total. The standard InChI is InChI=1S/C14H17F3O/c1-9-7-10(14(15,16)17)3-4-12(9)13(2)6-5-11(18)8-13/h3-4,7,11,18H,5-6,8H2,1-2H3. The fourth-order valence-electron chi connectivity index (χ4n) is 2.97. The molecule has 0 aliphatic heterocycles. The molecule has 1 saturated carbocycles. The summed E-state index contributed by atoms with van der Waals surface area (Å²) in [5.41, 5.74) is 0.771. The van der Waals surface area contributed by atoms with Crippen molar-refractivity contribution in [3.8, 4) is 0 Å². The van der Waals surface area contributed by atoms with Crippen LogP contribution in [0, 0.1) is 6.92 Å². The third kappa shape index (κ3) is 2.39. The van der Waals surface area contributed by atoms with Gasteiger partial charge in [0.2, 0.25) is 0 Å². The number of rotatable bonds is 1. The molecule has 0 aromatic heterocycles. The molecule has 100 valence electrons. The van der Waals surface area contributed by atoms with Crippen LogP contribution in [0.3, 0.4) is 0 Å². The maximum Gasteiger partial charge on any atom is 0.416 e. The fourth-order valence-corrected chi connectivity index (χ4v) is 2.97. The molecule has 1 aromatic carbocycles. The summed E-state index contributed by atoms with van der Waals surface area (Å²) in [5, 5.41) is 9.62. The smallest absolute Gasteiger partial charge is 0.393 e. The third-order valence-electron chi connectivity index (χ3n) is 3.92. The zero-order valence-corrected chi connectivity index (χ0v) is 10.5. The molecule has 0 amide bonds. The van der Waals surface area contributed by atoms with E-state index in [2.05, 4.69) is 0 Å². The molecular formula is C14H17F3O. The Hall–Kier alpha value is -1.03. The molecule has 1 N–H and O–H groups in total. The van der Waals surface area contributed by atoms with Crippen LogP contribution in [0.4, 0.5) is 13.2 Å². The molecule has 0 heterocycles. The van der Waals surface area contributed by atoms with Crippen molar-refractivity contribution < 1.29 is 18.3 Å². The normalized spacial score (nSPS) is 28.7. The van der Waals surface area contributed by atoms with Gasteiger partial charge in [0.05, 0.1) is 11.7 Å². The number of aliphatic hydroxyl groups is 1. The van der Waals surface area contributed by atoms with Gasteiger partial charge >= 0.3 is 6.18 Å². The van der Waals surface area contributed by atoms with Crippen LogP contribution in [-0.2, 0) is 11.6 Å². The molecule has 0 radical (unpaired) electrons. The van der Waals surface area contributed by atoms with E-state index in [1.54, 1.807) is 13.0 Å². The van der Waals surface area contributed by atoms with Crippen LogP contribution in [0.2, 0.25) is 0 Å². The van der Waals surface area contributed by atoms with E-state index in [1.165, 1.54) is 6.07 Å². The van der Waals surface area contributed by atoms with Gasteiger partial charge in [0.25, 0.3) is 0 Å². The second kappa shape index (κ2) is 4.26. The summed E-state index contributed by atoms with van der Waals surface area (Å²) >= 11 is 0. The first-order valence-corrected chi connectivity index (χ1v) is 6.09. The first-order valence-electron chi connectivity index (χ1n) is 6.09. The van der Waals surface area contributed by atoms with Crippen molar-refractivity contribution in [3.63, 3.8) is 0 Å². The lowest BCUT2D eigenvalue weighted by Crippen LogP contribution is -2.20. The summed E-state index contributed by atoms with van der Waals surface area (Å²) < 4.78 is 37.8. The molecule has 1 aliphatic carbocycles. The zero-order valence-electron chi connectivity index (χ0n) is 10.5. The Morgan fingerprint density at radius 2 is 2.00 bits per heavy atom. The number of halogens is 3. The Labute approximate surface area is 105 Å². The van der Waals surface area contributed by atoms with Crippen LogP contribution >= 0.6 is 0 Å². The Bertz CT molecular complexity index is 453. The van der Waals surface area contributed by atoms with Crippen LogP contribution < -0.4 is 0 Å². The van der Waals surface area contributed by atoms with Crippen molar-refractivity contribution in [2.24, 2.45) is 0 Å². The van der Waals surface area contributed by atoms with Gasteiger partial charge in [0, 0.05) is 0 Å². The fraction of sp³-hybridized carbons (Fsp3) is 0.571. The molecule has 18 heavy (non-hydrogen) atoms. The Balaban J connectivity index is 2.36. The van der Waals surface area contributed by atoms with Gasteiger partial charge in [-0.3, -0.25) is 0 Å². The van der Waals surface area contributed by atoms with Gasteiger partial charge in [-0.2, -0.15) is 13.2 Å². The number of aliphatic hydroxyl groups excluding tert-OH is 1. The lowest BCUT2D eigenvalue weighted by Gasteiger charge is -2.27. The van der Waals surface area contributed by atoms with Crippen LogP contribution in [0.15, 0.2) is 18.2 Å². The van der Waals surface area contributed by atoms with Crippen LogP contribution in [0.25, 0.3) is 0 Å². The summed E-state index contributed by atoms with van der Waals surface area (Å²) in [6.45, 7) is 3.72. The summed E-state index contributed by atoms with van der Waals surface area (Å²) in [6.07, 6.45) is -2.47. The highest BCUT2D eigenvalue weighted by Crippen LogP contribution is 2.43. The highest BCUT2D eigenvalue weighted by molar-refractivity contribution is 5.38. The minimum atomic E-state index is -4.29. The van der Waals surface area contributed by atoms with Gasteiger partial charge in [0.1, 0.15) is 0 Å². The quantitative estimate of drug-likeness (QED) is 0.812. The van der Waals surface area contributed by atoms with E-state index in [0.717, 1.165) is 24.5 Å². The van der Waals surface area contributed by atoms with E-state index in [-0.39, 0.29) is 11.5 Å². The topological polar surface area (TPSA) is 20.2 Å². The number of aryl methyl sites for hydroxylation is 1. The molecular weight excluding hydrogens is 241 g/mol. The molecule has 1 aromatic rings. The molecule has 2 unspecified atom stereocenters. The molecule has 4 heteroatoms. The van der Waals surface area contributed by atoms with Gasteiger partial charge in [-0.05, 0) is 54.9 Å². The monoisotopic (exact) mass is 258 g/mol. The summed E-state index contributed by atoms with van der Waals surface area (Å²) in [7, 11) is 0. The van der Waals surface area contributed by atoms with E-state index in [9.17, 15) is 18.3 Å². The maximum absolute atomic E-state index is 12.6. The second-order valence-electron chi connectivity index (χ2n) is 5.48. The highest BCUT2D eigenvalue weighted by Gasteiger charge is 2.38. The third-order valence-corrected chi connectivity index (χ3v) is 3.92. The van der Waals surface area contributed by atoms with E-state index in [0.29, 0.717) is 12.0 Å². The first kappa shape index (κ1) is 13.4. The van der Waals surface area contributed by atoms with Crippen molar-refractivity contribution in [2.75, 3.05) is 0 Å². The zero-order chi connectivity index (χ0) is 13.6. The molecule has 2 rings (SSSR count). The molecule has 1 aliphatic rings. The number of hydrogen-bond acceptors (Lipinski definition) is 1. The predicted octanol–water partition coefficient (Wildman–Crippen LogP) is 3.82. The summed E-state index contributed by atoms with van der Waals surface area (Å²) in [4.78, 5) is 0. The van der Waals surface area contributed by atoms with Gasteiger partial charge in [-0.1, -0.05) is 13.0 Å². The van der Waals surface area contributed by atoms with Gasteiger partial charge < -0.3 is 5.11 Å². The van der Waals surface area contributed by atoms with E-state index in [1.807, 2.05) is 6.92 Å². The highest BCUT2D eigenvalue weighted by atomic mass is 19.4. The van der Waals surface area contributed by atoms with Crippen molar-refractivity contribution in [3.05, 3.63) is 34.9 Å². The van der Waals surface area contributed by atoms with Crippen molar-refractivity contribution in [2.45, 2.75) is 50.8 Å². The summed E-state index contributed by atoms with van der Waals surface area (Å²) in [5.74, 6) is 0. The van der Waals surface area contributed by atoms with E-state index < -0.39 is 11.7 Å². The Morgan fingerprint density at radius 1 is 1.33 bits per heavy atom. The number of alkyl halides is 3. The van der Waals surface area contributed by atoms with E-state index >= 15 is 0 Å². The van der Waals surface area contributed by atoms with Crippen LogP contribution in [0.1, 0.15) is 42.9 Å². The average Bonchev–Trinajstić information content (AvgIpc) is 2.58. The van der Waals surface area contributed by atoms with Crippen molar-refractivity contribution in [1.82, 2.24) is 0 Å². The first-order chi connectivity index (χ1) is 8.22. The van der Waals surface area contributed by atoms with Gasteiger partial charge in [-0.25, -0.2) is 0 Å². The summed E-state index contributed by atoms with van der Waals surface area (Å²) in [6, 6.07) is 3.90. The lowest BCUT2D eigenvalue weighted by molar-refractivity contribution is -0.137. The molecule has 0 spiro atoms. The maximum atomic E-state index is 12.6. The number of benzene rings is 1. The SMILES string of the molecule is Cc1cc(C(F)(F)F)ccc1C1(C)CCC(O)C1. The van der Waals surface area contributed by atoms with E-state index in [4.69, 9.17) is 0 Å². The molecule has 1 fully saturated rings. The lowest BCUT2D eigenvalue weighted by atomic mass is 9.78. The van der Waals surface area contributed by atoms with Crippen molar-refractivity contribution >= 4 is 0 Å². The van der Waals surface area contributed by atoms with Gasteiger partial charge in [-0.15, -0.1) is 0 Å². The Morgan fingerprint density at radius 3 is 2.44 bits per heavy atom. The minimum absolute atomic E-state index is 0.201. The molecule has 0 saturated heterocycles. The van der Waals surface area contributed by atoms with Gasteiger partial charge in [0.15, 0.2) is 0 Å². The predicted molar refractivity (Wildman–Crippen MR) is 63.4 cm³/mol. The van der Waals surface area contributed by atoms with Crippen LogP contribution in [0.5, 0.6) is 0 Å². The largest absolute Gasteiger partial charge is 0.416 e. The molecule has 2 atom stereocenters. The van der Waals surface area contributed by atoms with Crippen LogP contribution in [-0.4, -0.2) is 11.2 Å². The minimum Gasteiger partial charge on any atom is -0.393 e. The Kier molecular flexibility index (Phi) is 3.18. The average molecular weight is 258 g/mol. The second-order valence-corrected chi connectivity index (χ2v) is 5.48. The van der Waals surface area contributed by atoms with Crippen molar-refractivity contribution in [1.29, 1.82) is 0 Å². The number of hydrogen-bond donors (Lipinski definition) is 1. The molecule has 0 bridgehead atoms.